The van der Waals surface area contributed by atoms with E-state index in [-0.39, 0.29) is 22.9 Å². The Bertz CT molecular complexity index is 1040. The van der Waals surface area contributed by atoms with Gasteiger partial charge >= 0.3 is 11.9 Å². The van der Waals surface area contributed by atoms with Crippen molar-refractivity contribution in [2.45, 2.75) is 25.2 Å². The predicted molar refractivity (Wildman–Crippen MR) is 96.8 cm³/mol. The van der Waals surface area contributed by atoms with Gasteiger partial charge in [0.15, 0.2) is 10.8 Å². The Morgan fingerprint density at radius 1 is 1.21 bits per heavy atom. The molecular formula is C14H17ClN6O7S. The normalized spacial score (nSPS) is 24.8. The minimum Gasteiger partial charge on any atom is -0.481 e. The molecule has 1 aliphatic heterocycles. The van der Waals surface area contributed by atoms with Gasteiger partial charge in [0.2, 0.25) is 0 Å². The highest BCUT2D eigenvalue weighted by atomic mass is 35.5. The number of imidazole rings is 1. The molecule has 158 valence electrons. The smallest absolute Gasteiger partial charge is 0.303 e. The molecule has 1 saturated heterocycles. The van der Waals surface area contributed by atoms with Crippen LogP contribution in [0.2, 0.25) is 5.15 Å². The fraction of sp³-hybridized carbons (Fsp3) is 0.500. The molecule has 0 radical (unpaired) electrons. The maximum atomic E-state index is 11.4. The van der Waals surface area contributed by atoms with Crippen molar-refractivity contribution in [1.29, 1.82) is 0 Å². The van der Waals surface area contributed by atoms with E-state index in [1.54, 1.807) is 0 Å². The molecule has 2 aromatic heterocycles. The molecule has 5 N–H and O–H groups in total. The van der Waals surface area contributed by atoms with Crippen LogP contribution in [-0.4, -0.2) is 62.7 Å². The van der Waals surface area contributed by atoms with E-state index in [4.69, 9.17) is 21.5 Å². The van der Waals surface area contributed by atoms with Gasteiger partial charge in [-0.2, -0.15) is 13.1 Å². The minimum atomic E-state index is -4.07. The number of ether oxygens (including phenoxy) is 1. The van der Waals surface area contributed by atoms with Gasteiger partial charge in [-0.1, -0.05) is 11.6 Å². The Morgan fingerprint density at radius 3 is 2.48 bits per heavy atom. The second-order valence-electron chi connectivity index (χ2n) is 6.47. The standard InChI is InChI=1S/C14H17ClN6O7S/c15-12-11-13(18-4-17-12)21(5-19-11)14-7(2-10(24)25)6(1-9(22)23)8(28-14)3-20-29(16,26)27/h4-8,14,20H,1-3H2,(H,22,23)(H,24,25)(H2,16,26,27)/t6-,7-,8+,14-/m1/s1. The van der Waals surface area contributed by atoms with Crippen molar-refractivity contribution in [1.82, 2.24) is 24.2 Å². The molecule has 0 bridgehead atoms. The van der Waals surface area contributed by atoms with Crippen molar-refractivity contribution < 1.29 is 33.0 Å². The molecule has 1 fully saturated rings. The number of nitrogens with two attached hydrogens (primary N) is 1. The van der Waals surface area contributed by atoms with Crippen LogP contribution in [0.1, 0.15) is 19.1 Å². The molecule has 15 heteroatoms. The predicted octanol–water partition coefficient (Wildman–Crippen LogP) is -0.648. The van der Waals surface area contributed by atoms with E-state index in [0.717, 1.165) is 0 Å². The zero-order valence-electron chi connectivity index (χ0n) is 14.7. The van der Waals surface area contributed by atoms with Crippen molar-refractivity contribution in [3.05, 3.63) is 17.8 Å². The molecule has 29 heavy (non-hydrogen) atoms. The SMILES string of the molecule is NS(=O)(=O)NC[C@@H]1O[C@@H](n2cnc3c(Cl)ncnc32)[C@H](CC(=O)O)[C@H]1CC(=O)O. The van der Waals surface area contributed by atoms with Crippen molar-refractivity contribution in [2.75, 3.05) is 6.54 Å². The number of halogens is 1. The number of hydrogen-bond acceptors (Lipinski definition) is 8. The fourth-order valence-corrected chi connectivity index (χ4v) is 4.06. The fourth-order valence-electron chi connectivity index (χ4n) is 3.49. The van der Waals surface area contributed by atoms with E-state index >= 15 is 0 Å². The van der Waals surface area contributed by atoms with Crippen LogP contribution in [0, 0.1) is 11.8 Å². The van der Waals surface area contributed by atoms with Crippen LogP contribution in [-0.2, 0) is 24.5 Å². The number of carbonyl (C=O) groups is 2. The second kappa shape index (κ2) is 8.16. The van der Waals surface area contributed by atoms with Gasteiger partial charge in [-0.3, -0.25) is 14.2 Å². The molecule has 3 rings (SSSR count). The molecule has 0 spiro atoms. The van der Waals surface area contributed by atoms with Crippen LogP contribution in [0.15, 0.2) is 12.7 Å². The lowest BCUT2D eigenvalue weighted by molar-refractivity contribution is -0.142. The van der Waals surface area contributed by atoms with E-state index < -0.39 is 59.2 Å². The number of carboxylic acid groups (broad SMARTS) is 2. The molecule has 0 aliphatic carbocycles. The number of aromatic nitrogens is 4. The Balaban J connectivity index is 2.02. The first kappa shape index (κ1) is 21.3. The Kier molecular flexibility index (Phi) is 6.00. The highest BCUT2D eigenvalue weighted by Crippen LogP contribution is 2.44. The highest BCUT2D eigenvalue weighted by molar-refractivity contribution is 7.87. The van der Waals surface area contributed by atoms with Gasteiger partial charge in [0, 0.05) is 18.4 Å². The lowest BCUT2D eigenvalue weighted by atomic mass is 9.84. The van der Waals surface area contributed by atoms with Crippen LogP contribution >= 0.6 is 11.6 Å². The van der Waals surface area contributed by atoms with Gasteiger partial charge in [0.05, 0.1) is 25.3 Å². The van der Waals surface area contributed by atoms with E-state index in [0.29, 0.717) is 0 Å². The summed E-state index contributed by atoms with van der Waals surface area (Å²) in [7, 11) is -4.07. The van der Waals surface area contributed by atoms with Crippen LogP contribution in [0.25, 0.3) is 11.2 Å². The summed E-state index contributed by atoms with van der Waals surface area (Å²) in [6.07, 6.45) is -0.260. The molecule has 0 aromatic carbocycles. The van der Waals surface area contributed by atoms with Gasteiger partial charge in [-0.15, -0.1) is 0 Å². The third-order valence-corrected chi connectivity index (χ3v) is 5.45. The lowest BCUT2D eigenvalue weighted by Gasteiger charge is -2.22. The largest absolute Gasteiger partial charge is 0.481 e. The van der Waals surface area contributed by atoms with Gasteiger partial charge in [0.25, 0.3) is 10.2 Å². The van der Waals surface area contributed by atoms with E-state index in [1.807, 2.05) is 0 Å². The molecular weight excluding hydrogens is 432 g/mol. The number of fused-ring (bicyclic) bond motifs is 1. The Morgan fingerprint density at radius 2 is 1.86 bits per heavy atom. The first-order valence-electron chi connectivity index (χ1n) is 8.26. The molecule has 2 aromatic rings. The molecule has 0 saturated carbocycles. The van der Waals surface area contributed by atoms with E-state index in [9.17, 15) is 28.2 Å². The number of rotatable bonds is 8. The monoisotopic (exact) mass is 448 g/mol. The highest BCUT2D eigenvalue weighted by Gasteiger charge is 2.47. The summed E-state index contributed by atoms with van der Waals surface area (Å²) in [5, 5.41) is 23.6. The summed E-state index contributed by atoms with van der Waals surface area (Å²) >= 11 is 5.99. The maximum Gasteiger partial charge on any atom is 0.303 e. The lowest BCUT2D eigenvalue weighted by Crippen LogP contribution is -2.39. The van der Waals surface area contributed by atoms with Gasteiger partial charge in [-0.25, -0.2) is 20.1 Å². The topological polar surface area (TPSA) is 200 Å². The van der Waals surface area contributed by atoms with Crippen LogP contribution < -0.4 is 9.86 Å². The molecule has 0 amide bonds. The number of nitrogens with one attached hydrogen (secondary N) is 1. The summed E-state index contributed by atoms with van der Waals surface area (Å²) in [4.78, 5) is 34.8. The van der Waals surface area contributed by atoms with E-state index in [1.165, 1.54) is 17.2 Å². The molecule has 0 unspecified atom stereocenters. The van der Waals surface area contributed by atoms with Gasteiger partial charge in [-0.05, 0) is 0 Å². The first-order chi connectivity index (χ1) is 13.6. The van der Waals surface area contributed by atoms with Crippen molar-refractivity contribution in [3.8, 4) is 0 Å². The molecule has 13 nitrogen and oxygen atoms in total. The number of carboxylic acids is 2. The summed E-state index contributed by atoms with van der Waals surface area (Å²) < 4.78 is 31.9. The molecule has 4 atom stereocenters. The number of aliphatic carboxylic acids is 2. The molecule has 1 aliphatic rings. The summed E-state index contributed by atoms with van der Waals surface area (Å²) in [5.74, 6) is -3.99. The van der Waals surface area contributed by atoms with Gasteiger partial charge < -0.3 is 14.9 Å². The number of nitrogens with zero attached hydrogens (tertiary/aromatic N) is 4. The summed E-state index contributed by atoms with van der Waals surface area (Å²) in [6, 6.07) is 0. The van der Waals surface area contributed by atoms with E-state index in [2.05, 4.69) is 19.7 Å². The summed E-state index contributed by atoms with van der Waals surface area (Å²) in [5.41, 5.74) is 0.521. The van der Waals surface area contributed by atoms with Crippen molar-refractivity contribution >= 4 is 44.9 Å². The average molecular weight is 449 g/mol. The Labute approximate surface area is 169 Å². The maximum absolute atomic E-state index is 11.4. The van der Waals surface area contributed by atoms with Crippen molar-refractivity contribution in [3.63, 3.8) is 0 Å². The van der Waals surface area contributed by atoms with Crippen LogP contribution in [0.5, 0.6) is 0 Å². The third-order valence-electron chi connectivity index (χ3n) is 4.60. The third kappa shape index (κ3) is 4.79. The average Bonchev–Trinajstić information content (AvgIpc) is 3.15. The van der Waals surface area contributed by atoms with Crippen LogP contribution in [0.4, 0.5) is 0 Å². The second-order valence-corrected chi connectivity index (χ2v) is 8.21. The zero-order valence-corrected chi connectivity index (χ0v) is 16.2. The molecule has 3 heterocycles. The number of hydrogen-bond donors (Lipinski definition) is 4. The van der Waals surface area contributed by atoms with Crippen molar-refractivity contribution in [2.24, 2.45) is 17.0 Å². The Hall–Kier alpha value is -2.39. The zero-order chi connectivity index (χ0) is 21.3. The minimum absolute atomic E-state index is 0.0797. The van der Waals surface area contributed by atoms with Crippen LogP contribution in [0.3, 0.4) is 0 Å². The summed E-state index contributed by atoms with van der Waals surface area (Å²) in [6.45, 7) is -0.328. The first-order valence-corrected chi connectivity index (χ1v) is 10.2. The van der Waals surface area contributed by atoms with Gasteiger partial charge in [0.1, 0.15) is 18.1 Å². The quantitative estimate of drug-likeness (QED) is 0.376.